The van der Waals surface area contributed by atoms with E-state index in [0.717, 1.165) is 0 Å². The SMILES string of the molecule is CCOC(=O)[C@H]1[C@H]2C(=O)N([C@@H](CO)CC(C)C)[C@H](C(=O)Nc3ccccc3Cl)[C@H]2C=C[C@H]1CC. The fourth-order valence-corrected chi connectivity index (χ4v) is 5.56. The average molecular weight is 491 g/mol. The molecular formula is C26H35ClN2O5. The van der Waals surface area contributed by atoms with Gasteiger partial charge in [-0.15, -0.1) is 0 Å². The molecule has 1 aliphatic heterocycles. The number of aliphatic hydroxyl groups excluding tert-OH is 1. The average Bonchev–Trinajstić information content (AvgIpc) is 3.10. The fraction of sp³-hybridized carbons (Fsp3) is 0.577. The van der Waals surface area contributed by atoms with E-state index in [2.05, 4.69) is 5.32 Å². The van der Waals surface area contributed by atoms with Crippen LogP contribution < -0.4 is 5.32 Å². The molecule has 1 aromatic carbocycles. The summed E-state index contributed by atoms with van der Waals surface area (Å²) in [6, 6.07) is 5.48. The molecule has 3 rings (SSSR count). The Balaban J connectivity index is 2.05. The summed E-state index contributed by atoms with van der Waals surface area (Å²) in [7, 11) is 0. The molecule has 1 fully saturated rings. The Kier molecular flexibility index (Phi) is 8.77. The highest BCUT2D eigenvalue weighted by Crippen LogP contribution is 2.46. The Labute approximate surface area is 206 Å². The summed E-state index contributed by atoms with van der Waals surface area (Å²) in [6.07, 6.45) is 5.03. The minimum atomic E-state index is -0.879. The Morgan fingerprint density at radius 2 is 1.91 bits per heavy atom. The first-order chi connectivity index (χ1) is 16.2. The van der Waals surface area contributed by atoms with Gasteiger partial charge in [0.25, 0.3) is 0 Å². The third-order valence-corrected chi connectivity index (χ3v) is 7.16. The molecule has 8 heteroatoms. The number of esters is 1. The van der Waals surface area contributed by atoms with E-state index in [4.69, 9.17) is 16.3 Å². The molecular weight excluding hydrogens is 456 g/mol. The molecule has 1 aromatic rings. The summed E-state index contributed by atoms with van der Waals surface area (Å²) in [4.78, 5) is 42.1. The number of amides is 2. The van der Waals surface area contributed by atoms with Crippen LogP contribution in [0.2, 0.25) is 5.02 Å². The van der Waals surface area contributed by atoms with Gasteiger partial charge in [-0.2, -0.15) is 0 Å². The summed E-state index contributed by atoms with van der Waals surface area (Å²) in [5.74, 6) is -2.98. The molecule has 2 aliphatic rings. The van der Waals surface area contributed by atoms with E-state index in [1.165, 1.54) is 4.90 Å². The van der Waals surface area contributed by atoms with E-state index in [0.29, 0.717) is 23.6 Å². The Bertz CT molecular complexity index is 934. The summed E-state index contributed by atoms with van der Waals surface area (Å²) in [5.41, 5.74) is 0.447. The quantitative estimate of drug-likeness (QED) is 0.404. The number of carbonyl (C=O) groups excluding carboxylic acids is 3. The number of allylic oxidation sites excluding steroid dienone is 1. The van der Waals surface area contributed by atoms with Crippen molar-refractivity contribution in [3.05, 3.63) is 41.4 Å². The number of nitrogens with one attached hydrogen (secondary N) is 1. The Morgan fingerprint density at radius 1 is 1.21 bits per heavy atom. The number of ether oxygens (including phenoxy) is 1. The van der Waals surface area contributed by atoms with Gasteiger partial charge in [0.05, 0.1) is 41.8 Å². The second-order valence-electron chi connectivity index (χ2n) is 9.46. The van der Waals surface area contributed by atoms with E-state index in [-0.39, 0.29) is 31.0 Å². The third-order valence-electron chi connectivity index (χ3n) is 6.83. The summed E-state index contributed by atoms with van der Waals surface area (Å²) in [6.45, 7) is 7.66. The molecule has 2 N–H and O–H groups in total. The number of fused-ring (bicyclic) bond motifs is 1. The number of benzene rings is 1. The number of rotatable bonds is 9. The molecule has 1 heterocycles. The van der Waals surface area contributed by atoms with Crippen molar-refractivity contribution in [1.82, 2.24) is 4.90 Å². The standard InChI is InChI=1S/C26H35ClN2O5/c1-5-16-11-12-18-22(21(16)26(33)34-6-2)25(32)29(17(14-30)13-15(3)4)23(18)24(31)28-20-10-8-7-9-19(20)27/h7-12,15-18,21-23,30H,5-6,13-14H2,1-4H3,(H,28,31)/t16-,17-,18+,21-,22+,23+/m1/s1. The zero-order valence-corrected chi connectivity index (χ0v) is 21.0. The molecule has 6 atom stereocenters. The molecule has 0 radical (unpaired) electrons. The zero-order valence-electron chi connectivity index (χ0n) is 20.2. The van der Waals surface area contributed by atoms with E-state index >= 15 is 0 Å². The number of carbonyl (C=O) groups is 3. The van der Waals surface area contributed by atoms with Gasteiger partial charge < -0.3 is 20.1 Å². The maximum atomic E-state index is 13.9. The van der Waals surface area contributed by atoms with Crippen LogP contribution in [0.4, 0.5) is 5.69 Å². The van der Waals surface area contributed by atoms with Gasteiger partial charge in [-0.25, -0.2) is 0 Å². The number of anilines is 1. The first kappa shape index (κ1) is 26.2. The highest BCUT2D eigenvalue weighted by molar-refractivity contribution is 6.33. The molecule has 0 saturated carbocycles. The van der Waals surface area contributed by atoms with Gasteiger partial charge in [-0.05, 0) is 43.7 Å². The van der Waals surface area contributed by atoms with Crippen LogP contribution in [0.5, 0.6) is 0 Å². The molecule has 7 nitrogen and oxygen atoms in total. The molecule has 1 saturated heterocycles. The van der Waals surface area contributed by atoms with Crippen LogP contribution in [0.1, 0.15) is 40.5 Å². The van der Waals surface area contributed by atoms with E-state index < -0.39 is 41.7 Å². The number of hydrogen-bond acceptors (Lipinski definition) is 5. The topological polar surface area (TPSA) is 95.9 Å². The van der Waals surface area contributed by atoms with Crippen molar-refractivity contribution in [2.45, 2.75) is 52.6 Å². The molecule has 0 bridgehead atoms. The van der Waals surface area contributed by atoms with E-state index in [9.17, 15) is 19.5 Å². The monoisotopic (exact) mass is 490 g/mol. The highest BCUT2D eigenvalue weighted by atomic mass is 35.5. The molecule has 34 heavy (non-hydrogen) atoms. The second-order valence-corrected chi connectivity index (χ2v) is 9.87. The number of likely N-dealkylation sites (tertiary alicyclic amines) is 1. The summed E-state index contributed by atoms with van der Waals surface area (Å²) in [5, 5.41) is 13.5. The van der Waals surface area contributed by atoms with Gasteiger partial charge >= 0.3 is 5.97 Å². The smallest absolute Gasteiger partial charge is 0.310 e. The predicted molar refractivity (Wildman–Crippen MR) is 131 cm³/mol. The van der Waals surface area contributed by atoms with Crippen molar-refractivity contribution in [2.24, 2.45) is 29.6 Å². The van der Waals surface area contributed by atoms with Crippen molar-refractivity contribution in [1.29, 1.82) is 0 Å². The van der Waals surface area contributed by atoms with Crippen molar-refractivity contribution in [3.63, 3.8) is 0 Å². The Hall–Kier alpha value is -2.38. The number of halogens is 1. The zero-order chi connectivity index (χ0) is 25.0. The summed E-state index contributed by atoms with van der Waals surface area (Å²) < 4.78 is 5.35. The lowest BCUT2D eigenvalue weighted by Gasteiger charge is -2.34. The lowest BCUT2D eigenvalue weighted by molar-refractivity contribution is -0.156. The van der Waals surface area contributed by atoms with Crippen LogP contribution in [0.15, 0.2) is 36.4 Å². The largest absolute Gasteiger partial charge is 0.466 e. The maximum Gasteiger partial charge on any atom is 0.310 e. The first-order valence-electron chi connectivity index (χ1n) is 12.1. The highest BCUT2D eigenvalue weighted by Gasteiger charge is 2.58. The molecule has 0 aromatic heterocycles. The summed E-state index contributed by atoms with van der Waals surface area (Å²) >= 11 is 6.26. The van der Waals surface area contributed by atoms with Crippen LogP contribution in [0.3, 0.4) is 0 Å². The lowest BCUT2D eigenvalue weighted by Crippen LogP contribution is -2.51. The minimum absolute atomic E-state index is 0.158. The number of para-hydroxylation sites is 1. The van der Waals surface area contributed by atoms with Gasteiger partial charge in [-0.1, -0.05) is 56.7 Å². The molecule has 1 aliphatic carbocycles. The van der Waals surface area contributed by atoms with Crippen molar-refractivity contribution in [3.8, 4) is 0 Å². The van der Waals surface area contributed by atoms with Crippen LogP contribution >= 0.6 is 11.6 Å². The third kappa shape index (κ3) is 5.15. The second kappa shape index (κ2) is 11.4. The molecule has 2 amide bonds. The van der Waals surface area contributed by atoms with Gasteiger partial charge in [0.2, 0.25) is 11.8 Å². The van der Waals surface area contributed by atoms with Crippen LogP contribution in [-0.2, 0) is 19.1 Å². The molecule has 0 unspecified atom stereocenters. The van der Waals surface area contributed by atoms with Crippen molar-refractivity contribution >= 4 is 35.1 Å². The maximum absolute atomic E-state index is 13.9. The predicted octanol–water partition coefficient (Wildman–Crippen LogP) is 3.90. The van der Waals surface area contributed by atoms with Crippen LogP contribution in [-0.4, -0.2) is 53.1 Å². The van der Waals surface area contributed by atoms with Crippen molar-refractivity contribution in [2.75, 3.05) is 18.5 Å². The fourth-order valence-electron chi connectivity index (χ4n) is 5.38. The van der Waals surface area contributed by atoms with Gasteiger partial charge in [0, 0.05) is 5.92 Å². The normalized spacial score (nSPS) is 27.0. The lowest BCUT2D eigenvalue weighted by atomic mass is 9.69. The number of hydrogen-bond donors (Lipinski definition) is 2. The Morgan fingerprint density at radius 3 is 2.50 bits per heavy atom. The van der Waals surface area contributed by atoms with Crippen LogP contribution in [0.25, 0.3) is 0 Å². The van der Waals surface area contributed by atoms with Gasteiger partial charge in [0.1, 0.15) is 6.04 Å². The first-order valence-corrected chi connectivity index (χ1v) is 12.5. The minimum Gasteiger partial charge on any atom is -0.466 e. The van der Waals surface area contributed by atoms with Crippen LogP contribution in [0, 0.1) is 29.6 Å². The number of aliphatic hydroxyl groups is 1. The van der Waals surface area contributed by atoms with E-state index in [1.54, 1.807) is 31.2 Å². The molecule has 0 spiro atoms. The number of nitrogens with zero attached hydrogens (tertiary/aromatic N) is 1. The van der Waals surface area contributed by atoms with Gasteiger partial charge in [-0.3, -0.25) is 14.4 Å². The van der Waals surface area contributed by atoms with Gasteiger partial charge in [0.15, 0.2) is 0 Å². The molecule has 186 valence electrons. The van der Waals surface area contributed by atoms with E-state index in [1.807, 2.05) is 32.9 Å². The van der Waals surface area contributed by atoms with Crippen molar-refractivity contribution < 1.29 is 24.2 Å².